The lowest BCUT2D eigenvalue weighted by Crippen LogP contribution is -2.21. The number of carbonyl (C=O) groups excluding carboxylic acids is 2. The van der Waals surface area contributed by atoms with Crippen molar-refractivity contribution in [3.63, 3.8) is 0 Å². The summed E-state index contributed by atoms with van der Waals surface area (Å²) in [5, 5.41) is 2.91. The van der Waals surface area contributed by atoms with Crippen LogP contribution >= 0.6 is 11.6 Å². The number of amides is 1. The van der Waals surface area contributed by atoms with Gasteiger partial charge in [-0.05, 0) is 24.3 Å². The van der Waals surface area contributed by atoms with Crippen molar-refractivity contribution in [2.45, 2.75) is 0 Å². The van der Waals surface area contributed by atoms with Gasteiger partial charge in [0, 0.05) is 5.69 Å². The third kappa shape index (κ3) is 3.83. The van der Waals surface area contributed by atoms with E-state index in [0.717, 1.165) is 0 Å². The van der Waals surface area contributed by atoms with Gasteiger partial charge in [-0.15, -0.1) is 0 Å². The number of anilines is 1. The molecular formula is C15H12ClNO3. The largest absolute Gasteiger partial charge is 0.452 e. The Morgan fingerprint density at radius 3 is 2.35 bits per heavy atom. The Labute approximate surface area is 121 Å². The van der Waals surface area contributed by atoms with Crippen LogP contribution in [0.25, 0.3) is 0 Å². The quantitative estimate of drug-likeness (QED) is 0.880. The summed E-state index contributed by atoms with van der Waals surface area (Å²) in [6.45, 7) is -0.362. The molecule has 5 heteroatoms. The Balaban J connectivity index is 1.88. The van der Waals surface area contributed by atoms with Gasteiger partial charge in [-0.1, -0.05) is 41.9 Å². The normalized spacial score (nSPS) is 9.85. The smallest absolute Gasteiger partial charge is 0.340 e. The van der Waals surface area contributed by atoms with E-state index in [1.807, 2.05) is 6.07 Å². The van der Waals surface area contributed by atoms with Crippen molar-refractivity contribution in [1.29, 1.82) is 0 Å². The van der Waals surface area contributed by atoms with Gasteiger partial charge in [0.25, 0.3) is 5.91 Å². The van der Waals surface area contributed by atoms with Crippen molar-refractivity contribution in [2.24, 2.45) is 0 Å². The molecule has 0 bridgehead atoms. The summed E-state index contributed by atoms with van der Waals surface area (Å²) in [5.41, 5.74) is 0.882. The number of carbonyl (C=O) groups is 2. The highest BCUT2D eigenvalue weighted by atomic mass is 35.5. The van der Waals surface area contributed by atoms with Crippen molar-refractivity contribution in [3.05, 3.63) is 65.2 Å². The second-order valence-electron chi connectivity index (χ2n) is 3.97. The maximum absolute atomic E-state index is 11.7. The molecule has 0 fully saturated rings. The van der Waals surface area contributed by atoms with Gasteiger partial charge >= 0.3 is 5.97 Å². The first-order valence-corrected chi connectivity index (χ1v) is 6.31. The lowest BCUT2D eigenvalue weighted by molar-refractivity contribution is -0.119. The van der Waals surface area contributed by atoms with E-state index in [9.17, 15) is 9.59 Å². The molecule has 0 radical (unpaired) electrons. The molecule has 0 unspecified atom stereocenters. The highest BCUT2D eigenvalue weighted by Gasteiger charge is 2.13. The van der Waals surface area contributed by atoms with Crippen molar-refractivity contribution in [2.75, 3.05) is 11.9 Å². The van der Waals surface area contributed by atoms with Crippen LogP contribution in [-0.2, 0) is 9.53 Å². The molecule has 0 aliphatic rings. The predicted octanol–water partition coefficient (Wildman–Crippen LogP) is 3.14. The van der Waals surface area contributed by atoms with Gasteiger partial charge in [-0.25, -0.2) is 4.79 Å². The fraction of sp³-hybridized carbons (Fsp3) is 0.0667. The summed E-state index contributed by atoms with van der Waals surface area (Å²) in [7, 11) is 0. The number of rotatable bonds is 4. The number of para-hydroxylation sites is 1. The molecule has 0 saturated carbocycles. The Morgan fingerprint density at radius 2 is 1.65 bits per heavy atom. The molecule has 2 aromatic carbocycles. The zero-order valence-electron chi connectivity index (χ0n) is 10.5. The minimum absolute atomic E-state index is 0.238. The molecule has 0 aliphatic carbocycles. The fourth-order valence-corrected chi connectivity index (χ4v) is 1.77. The average molecular weight is 290 g/mol. The molecule has 102 valence electrons. The molecule has 2 rings (SSSR count). The second-order valence-corrected chi connectivity index (χ2v) is 4.38. The molecule has 0 atom stereocenters. The van der Waals surface area contributed by atoms with E-state index in [2.05, 4.69) is 5.32 Å². The first-order chi connectivity index (χ1) is 9.66. The number of halogens is 1. The van der Waals surface area contributed by atoms with E-state index in [-0.39, 0.29) is 12.2 Å². The van der Waals surface area contributed by atoms with Gasteiger partial charge in [-0.3, -0.25) is 4.79 Å². The molecule has 1 amide bonds. The molecule has 0 aliphatic heterocycles. The van der Waals surface area contributed by atoms with Crippen LogP contribution in [-0.4, -0.2) is 18.5 Å². The second kappa shape index (κ2) is 6.73. The molecule has 0 aromatic heterocycles. The Hall–Kier alpha value is -2.33. The third-order valence-corrected chi connectivity index (χ3v) is 2.82. The summed E-state index contributed by atoms with van der Waals surface area (Å²) >= 11 is 5.86. The van der Waals surface area contributed by atoms with Crippen LogP contribution in [0.3, 0.4) is 0 Å². The molecule has 4 nitrogen and oxygen atoms in total. The number of nitrogens with one attached hydrogen (secondary N) is 1. The number of ether oxygens (including phenoxy) is 1. The van der Waals surface area contributed by atoms with Crippen LogP contribution in [0.4, 0.5) is 5.69 Å². The van der Waals surface area contributed by atoms with Crippen LogP contribution < -0.4 is 5.32 Å². The van der Waals surface area contributed by atoms with E-state index in [1.165, 1.54) is 0 Å². The average Bonchev–Trinajstić information content (AvgIpc) is 2.46. The molecule has 0 saturated heterocycles. The van der Waals surface area contributed by atoms with Crippen LogP contribution in [0, 0.1) is 0 Å². The van der Waals surface area contributed by atoms with E-state index >= 15 is 0 Å². The number of hydrogen-bond acceptors (Lipinski definition) is 3. The lowest BCUT2D eigenvalue weighted by Gasteiger charge is -2.07. The Bertz CT molecular complexity index is 614. The first-order valence-electron chi connectivity index (χ1n) is 5.93. The molecule has 0 heterocycles. The third-order valence-electron chi connectivity index (χ3n) is 2.49. The lowest BCUT2D eigenvalue weighted by atomic mass is 10.2. The summed E-state index contributed by atoms with van der Waals surface area (Å²) in [5.74, 6) is -1.03. The molecule has 0 spiro atoms. The molecular weight excluding hydrogens is 278 g/mol. The molecule has 20 heavy (non-hydrogen) atoms. The molecule has 2 aromatic rings. The van der Waals surface area contributed by atoms with Crippen molar-refractivity contribution in [1.82, 2.24) is 0 Å². The Morgan fingerprint density at radius 1 is 1.00 bits per heavy atom. The maximum Gasteiger partial charge on any atom is 0.340 e. The van der Waals surface area contributed by atoms with E-state index < -0.39 is 11.9 Å². The van der Waals surface area contributed by atoms with Gasteiger partial charge in [0.15, 0.2) is 6.61 Å². The van der Waals surface area contributed by atoms with Crippen LogP contribution in [0.1, 0.15) is 10.4 Å². The zero-order chi connectivity index (χ0) is 14.4. The minimum Gasteiger partial charge on any atom is -0.452 e. The summed E-state index contributed by atoms with van der Waals surface area (Å²) < 4.78 is 4.91. The van der Waals surface area contributed by atoms with Crippen molar-refractivity contribution >= 4 is 29.2 Å². The molecule has 1 N–H and O–H groups in total. The van der Waals surface area contributed by atoms with Crippen LogP contribution in [0.5, 0.6) is 0 Å². The minimum atomic E-state index is -0.626. The van der Waals surface area contributed by atoms with Gasteiger partial charge in [0.05, 0.1) is 10.6 Å². The first kappa shape index (κ1) is 14.1. The monoisotopic (exact) mass is 289 g/mol. The standard InChI is InChI=1S/C15H12ClNO3/c16-13-9-5-4-8-12(13)15(19)20-10-14(18)17-11-6-2-1-3-7-11/h1-9H,10H2,(H,17,18). The highest BCUT2D eigenvalue weighted by molar-refractivity contribution is 6.33. The number of benzene rings is 2. The topological polar surface area (TPSA) is 55.4 Å². The highest BCUT2D eigenvalue weighted by Crippen LogP contribution is 2.15. The van der Waals surface area contributed by atoms with Gasteiger partial charge in [0.2, 0.25) is 0 Å². The van der Waals surface area contributed by atoms with Gasteiger partial charge < -0.3 is 10.1 Å². The van der Waals surface area contributed by atoms with Crippen LogP contribution in [0.15, 0.2) is 54.6 Å². The van der Waals surface area contributed by atoms with E-state index in [4.69, 9.17) is 16.3 Å². The van der Waals surface area contributed by atoms with E-state index in [1.54, 1.807) is 48.5 Å². The number of hydrogen-bond donors (Lipinski definition) is 1. The summed E-state index contributed by atoms with van der Waals surface area (Å²) in [6.07, 6.45) is 0. The summed E-state index contributed by atoms with van der Waals surface area (Å²) in [4.78, 5) is 23.3. The fourth-order valence-electron chi connectivity index (χ4n) is 1.55. The SMILES string of the molecule is O=C(COC(=O)c1ccccc1Cl)Nc1ccccc1. The van der Waals surface area contributed by atoms with Gasteiger partial charge in [0.1, 0.15) is 0 Å². The van der Waals surface area contributed by atoms with Crippen molar-refractivity contribution < 1.29 is 14.3 Å². The van der Waals surface area contributed by atoms with Crippen LogP contribution in [0.2, 0.25) is 5.02 Å². The summed E-state index contributed by atoms with van der Waals surface area (Å²) in [6, 6.07) is 15.4. The predicted molar refractivity (Wildman–Crippen MR) is 76.8 cm³/mol. The van der Waals surface area contributed by atoms with E-state index in [0.29, 0.717) is 10.7 Å². The zero-order valence-corrected chi connectivity index (χ0v) is 11.3. The van der Waals surface area contributed by atoms with Crippen molar-refractivity contribution in [3.8, 4) is 0 Å². The number of esters is 1. The Kier molecular flexibility index (Phi) is 4.74. The maximum atomic E-state index is 11.7. The van der Waals surface area contributed by atoms with Gasteiger partial charge in [-0.2, -0.15) is 0 Å².